The monoisotopic (exact) mass is 304 g/mol. The van der Waals surface area contributed by atoms with E-state index in [0.29, 0.717) is 12.5 Å². The van der Waals surface area contributed by atoms with E-state index >= 15 is 0 Å². The van der Waals surface area contributed by atoms with E-state index < -0.39 is 0 Å². The molecule has 22 heavy (non-hydrogen) atoms. The molecule has 1 rings (SSSR count). The number of anilines is 1. The maximum Gasteiger partial charge on any atom is 0.233 e. The van der Waals surface area contributed by atoms with Crippen molar-refractivity contribution >= 4 is 17.5 Å². The number of carbonyl (C=O) groups excluding carboxylic acids is 2. The highest BCUT2D eigenvalue weighted by atomic mass is 16.2. The minimum absolute atomic E-state index is 0.0661. The van der Waals surface area contributed by atoms with Crippen LogP contribution >= 0.6 is 0 Å². The number of carbonyl (C=O) groups is 2. The van der Waals surface area contributed by atoms with Crippen LogP contribution in [0, 0.1) is 5.92 Å². The number of hydrogen-bond donors (Lipinski definition) is 2. The van der Waals surface area contributed by atoms with E-state index in [1.807, 2.05) is 24.3 Å². The van der Waals surface area contributed by atoms with E-state index in [2.05, 4.69) is 45.3 Å². The van der Waals surface area contributed by atoms with Crippen LogP contribution in [0.1, 0.15) is 53.0 Å². The Bertz CT molecular complexity index is 516. The Labute approximate surface area is 133 Å². The van der Waals surface area contributed by atoms with Crippen LogP contribution in [-0.4, -0.2) is 18.4 Å². The summed E-state index contributed by atoms with van der Waals surface area (Å²) in [5, 5.41) is 5.62. The maximum atomic E-state index is 12.0. The number of para-hydroxylation sites is 1. The normalized spacial score (nSPS) is 11.4. The largest absolute Gasteiger partial charge is 0.356 e. The zero-order chi connectivity index (χ0) is 16.8. The molecule has 0 aliphatic carbocycles. The lowest BCUT2D eigenvalue weighted by molar-refractivity contribution is -0.126. The summed E-state index contributed by atoms with van der Waals surface area (Å²) in [6.45, 7) is 11.1. The lowest BCUT2D eigenvalue weighted by atomic mass is 9.86. The fraction of sp³-hybridized carbons (Fsp3) is 0.556. The first-order valence-electron chi connectivity index (χ1n) is 7.86. The number of amides is 2. The zero-order valence-corrected chi connectivity index (χ0v) is 14.3. The standard InChI is InChI=1S/C18H28N2O2/c1-13(2)10-11-19-16(21)12-17(22)20-15-9-7-6-8-14(15)18(3,4)5/h6-9,13H,10-12H2,1-5H3,(H,19,21)(H,20,22). The summed E-state index contributed by atoms with van der Waals surface area (Å²) in [4.78, 5) is 23.8. The molecule has 0 aromatic heterocycles. The molecule has 2 N–H and O–H groups in total. The van der Waals surface area contributed by atoms with Gasteiger partial charge in [-0.3, -0.25) is 9.59 Å². The van der Waals surface area contributed by atoms with Crippen LogP contribution in [0.25, 0.3) is 0 Å². The molecule has 2 amide bonds. The van der Waals surface area contributed by atoms with Crippen LogP contribution in [0.2, 0.25) is 0 Å². The Hall–Kier alpha value is -1.84. The van der Waals surface area contributed by atoms with Crippen molar-refractivity contribution < 1.29 is 9.59 Å². The maximum absolute atomic E-state index is 12.0. The quantitative estimate of drug-likeness (QED) is 0.791. The zero-order valence-electron chi connectivity index (χ0n) is 14.3. The van der Waals surface area contributed by atoms with E-state index in [-0.39, 0.29) is 23.7 Å². The predicted molar refractivity (Wildman–Crippen MR) is 90.9 cm³/mol. The van der Waals surface area contributed by atoms with Crippen molar-refractivity contribution in [2.75, 3.05) is 11.9 Å². The van der Waals surface area contributed by atoms with Gasteiger partial charge in [-0.15, -0.1) is 0 Å². The van der Waals surface area contributed by atoms with E-state index in [4.69, 9.17) is 0 Å². The van der Waals surface area contributed by atoms with Crippen LogP contribution in [0.5, 0.6) is 0 Å². The van der Waals surface area contributed by atoms with Gasteiger partial charge in [-0.2, -0.15) is 0 Å². The lowest BCUT2D eigenvalue weighted by Gasteiger charge is -2.23. The molecular formula is C18H28N2O2. The molecule has 0 aliphatic heterocycles. The minimum Gasteiger partial charge on any atom is -0.356 e. The van der Waals surface area contributed by atoms with Crippen molar-refractivity contribution in [3.63, 3.8) is 0 Å². The molecule has 0 bridgehead atoms. The summed E-state index contributed by atoms with van der Waals surface area (Å²) in [5.74, 6) is 0.0259. The first kappa shape index (κ1) is 18.2. The third-order valence-electron chi connectivity index (χ3n) is 3.37. The van der Waals surface area contributed by atoms with E-state index in [1.165, 1.54) is 0 Å². The molecule has 0 atom stereocenters. The Morgan fingerprint density at radius 1 is 1.09 bits per heavy atom. The van der Waals surface area contributed by atoms with Crippen LogP contribution < -0.4 is 10.6 Å². The summed E-state index contributed by atoms with van der Waals surface area (Å²) in [6.07, 6.45) is 0.775. The minimum atomic E-state index is -0.279. The number of nitrogens with one attached hydrogen (secondary N) is 2. The third kappa shape index (κ3) is 6.29. The lowest BCUT2D eigenvalue weighted by Crippen LogP contribution is -2.29. The van der Waals surface area contributed by atoms with Crippen molar-refractivity contribution in [2.24, 2.45) is 5.92 Å². The third-order valence-corrected chi connectivity index (χ3v) is 3.37. The molecule has 0 unspecified atom stereocenters. The number of rotatable bonds is 6. The van der Waals surface area contributed by atoms with Crippen LogP contribution in [-0.2, 0) is 15.0 Å². The van der Waals surface area contributed by atoms with Gasteiger partial charge in [0.25, 0.3) is 0 Å². The molecule has 0 aliphatic rings. The van der Waals surface area contributed by atoms with Crippen molar-refractivity contribution in [1.29, 1.82) is 0 Å². The van der Waals surface area contributed by atoms with E-state index in [0.717, 1.165) is 17.7 Å². The average molecular weight is 304 g/mol. The molecule has 4 heteroatoms. The second-order valence-electron chi connectivity index (χ2n) is 7.05. The summed E-state index contributed by atoms with van der Waals surface area (Å²) in [7, 11) is 0. The SMILES string of the molecule is CC(C)CCNC(=O)CC(=O)Nc1ccccc1C(C)(C)C. The number of hydrogen-bond acceptors (Lipinski definition) is 2. The van der Waals surface area contributed by atoms with Gasteiger partial charge in [-0.25, -0.2) is 0 Å². The van der Waals surface area contributed by atoms with Crippen LogP contribution in [0.15, 0.2) is 24.3 Å². The fourth-order valence-electron chi connectivity index (χ4n) is 2.15. The average Bonchev–Trinajstić information content (AvgIpc) is 2.37. The molecule has 0 saturated heterocycles. The van der Waals surface area contributed by atoms with Crippen molar-refractivity contribution in [3.05, 3.63) is 29.8 Å². The van der Waals surface area contributed by atoms with Gasteiger partial charge in [0.05, 0.1) is 0 Å². The topological polar surface area (TPSA) is 58.2 Å². The van der Waals surface area contributed by atoms with Gasteiger partial charge in [-0.05, 0) is 29.4 Å². The molecule has 0 saturated carbocycles. The highest BCUT2D eigenvalue weighted by Crippen LogP contribution is 2.29. The van der Waals surface area contributed by atoms with Crippen LogP contribution in [0.3, 0.4) is 0 Å². The first-order valence-corrected chi connectivity index (χ1v) is 7.86. The molecule has 0 heterocycles. The van der Waals surface area contributed by atoms with Gasteiger partial charge in [0.15, 0.2) is 0 Å². The summed E-state index contributed by atoms with van der Waals surface area (Å²) in [5.41, 5.74) is 1.77. The predicted octanol–water partition coefficient (Wildman–Crippen LogP) is 3.48. The Balaban J connectivity index is 2.57. The molecular weight excluding hydrogens is 276 g/mol. The van der Waals surface area contributed by atoms with Gasteiger partial charge in [-0.1, -0.05) is 52.8 Å². The second kappa shape index (κ2) is 7.97. The summed E-state index contributed by atoms with van der Waals surface area (Å²) < 4.78 is 0. The molecule has 4 nitrogen and oxygen atoms in total. The van der Waals surface area contributed by atoms with Crippen molar-refractivity contribution in [2.45, 2.75) is 52.9 Å². The summed E-state index contributed by atoms with van der Waals surface area (Å²) >= 11 is 0. The van der Waals surface area contributed by atoms with Crippen molar-refractivity contribution in [1.82, 2.24) is 5.32 Å². The molecule has 0 fully saturated rings. The Kier molecular flexibility index (Phi) is 6.60. The summed E-state index contributed by atoms with van der Waals surface area (Å²) in [6, 6.07) is 7.70. The Morgan fingerprint density at radius 2 is 1.73 bits per heavy atom. The van der Waals surface area contributed by atoms with Crippen LogP contribution in [0.4, 0.5) is 5.69 Å². The van der Waals surface area contributed by atoms with Gasteiger partial charge < -0.3 is 10.6 Å². The van der Waals surface area contributed by atoms with Gasteiger partial charge in [0, 0.05) is 12.2 Å². The van der Waals surface area contributed by atoms with E-state index in [1.54, 1.807) is 0 Å². The fourth-order valence-corrected chi connectivity index (χ4v) is 2.15. The highest BCUT2D eigenvalue weighted by Gasteiger charge is 2.19. The molecule has 1 aromatic rings. The van der Waals surface area contributed by atoms with Gasteiger partial charge in [0.2, 0.25) is 11.8 Å². The number of benzene rings is 1. The van der Waals surface area contributed by atoms with Crippen molar-refractivity contribution in [3.8, 4) is 0 Å². The molecule has 1 aromatic carbocycles. The molecule has 0 radical (unpaired) electrons. The van der Waals surface area contributed by atoms with Gasteiger partial charge >= 0.3 is 0 Å². The Morgan fingerprint density at radius 3 is 2.32 bits per heavy atom. The first-order chi connectivity index (χ1) is 10.2. The second-order valence-corrected chi connectivity index (χ2v) is 7.05. The smallest absolute Gasteiger partial charge is 0.233 e. The van der Waals surface area contributed by atoms with E-state index in [9.17, 15) is 9.59 Å². The highest BCUT2D eigenvalue weighted by molar-refractivity contribution is 6.03. The molecule has 0 spiro atoms. The van der Waals surface area contributed by atoms with Gasteiger partial charge in [0.1, 0.15) is 6.42 Å². The molecule has 122 valence electrons.